The van der Waals surface area contributed by atoms with Gasteiger partial charge in [-0.25, -0.2) is 4.98 Å². The molecule has 0 aliphatic rings. The molecule has 0 atom stereocenters. The number of pyridine rings is 1. The van der Waals surface area contributed by atoms with Gasteiger partial charge in [0.15, 0.2) is 5.96 Å². The summed E-state index contributed by atoms with van der Waals surface area (Å²) in [6, 6.07) is 14.5. The van der Waals surface area contributed by atoms with Crippen molar-refractivity contribution >= 4 is 16.9 Å². The molecule has 136 valence electrons. The van der Waals surface area contributed by atoms with Gasteiger partial charge in [-0.05, 0) is 35.6 Å². The lowest BCUT2D eigenvalue weighted by atomic mass is 10.2. The first-order chi connectivity index (χ1) is 12.8. The Morgan fingerprint density at radius 3 is 2.92 bits per heavy atom. The van der Waals surface area contributed by atoms with Crippen LogP contribution >= 0.6 is 0 Å². The zero-order valence-electron chi connectivity index (χ0n) is 15.3. The second-order valence-electron chi connectivity index (χ2n) is 5.98. The summed E-state index contributed by atoms with van der Waals surface area (Å²) in [4.78, 5) is 8.38. The fourth-order valence-corrected chi connectivity index (χ4v) is 2.87. The Labute approximate surface area is 153 Å². The van der Waals surface area contributed by atoms with Crippen LogP contribution in [-0.2, 0) is 13.1 Å². The van der Waals surface area contributed by atoms with Gasteiger partial charge in [-0.2, -0.15) is 0 Å². The molecule has 3 rings (SSSR count). The first kappa shape index (κ1) is 17.8. The quantitative estimate of drug-likeness (QED) is 0.390. The first-order valence-electron chi connectivity index (χ1n) is 8.77. The maximum atomic E-state index is 5.15. The van der Waals surface area contributed by atoms with Gasteiger partial charge in [-0.1, -0.05) is 18.2 Å². The van der Waals surface area contributed by atoms with Crippen LogP contribution in [0.5, 0.6) is 5.88 Å². The molecular formula is C20H25N5O. The predicted octanol–water partition coefficient (Wildman–Crippen LogP) is 2.80. The van der Waals surface area contributed by atoms with E-state index in [2.05, 4.69) is 61.7 Å². The van der Waals surface area contributed by atoms with E-state index >= 15 is 0 Å². The molecule has 0 bridgehead atoms. The summed E-state index contributed by atoms with van der Waals surface area (Å²) in [5, 5.41) is 7.95. The summed E-state index contributed by atoms with van der Waals surface area (Å²) < 4.78 is 7.43. The van der Waals surface area contributed by atoms with Crippen molar-refractivity contribution in [1.82, 2.24) is 20.2 Å². The van der Waals surface area contributed by atoms with Crippen molar-refractivity contribution in [3.05, 3.63) is 60.4 Å². The minimum atomic E-state index is 0.617. The van der Waals surface area contributed by atoms with Gasteiger partial charge in [-0.3, -0.25) is 4.99 Å². The van der Waals surface area contributed by atoms with Crippen LogP contribution in [0.25, 0.3) is 10.9 Å². The van der Waals surface area contributed by atoms with Crippen LogP contribution in [0.2, 0.25) is 0 Å². The summed E-state index contributed by atoms with van der Waals surface area (Å²) >= 11 is 0. The molecule has 2 heterocycles. The largest absolute Gasteiger partial charge is 0.481 e. The van der Waals surface area contributed by atoms with Gasteiger partial charge in [0.2, 0.25) is 5.88 Å². The first-order valence-corrected chi connectivity index (χ1v) is 8.77. The molecule has 0 fully saturated rings. The van der Waals surface area contributed by atoms with Crippen molar-refractivity contribution in [3.8, 4) is 5.88 Å². The van der Waals surface area contributed by atoms with Crippen LogP contribution in [0.15, 0.2) is 59.9 Å². The van der Waals surface area contributed by atoms with Gasteiger partial charge >= 0.3 is 0 Å². The number of aryl methyl sites for hydroxylation is 1. The SMILES string of the molecule is CN=C(NCCCn1ccc2ccccc21)NCc1ccnc(OC)c1. The molecule has 1 aromatic carbocycles. The van der Waals surface area contributed by atoms with E-state index < -0.39 is 0 Å². The lowest BCUT2D eigenvalue weighted by Crippen LogP contribution is -2.37. The minimum absolute atomic E-state index is 0.617. The van der Waals surface area contributed by atoms with Crippen molar-refractivity contribution in [1.29, 1.82) is 0 Å². The highest BCUT2D eigenvalue weighted by Gasteiger charge is 2.02. The molecule has 3 aromatic rings. The van der Waals surface area contributed by atoms with E-state index in [4.69, 9.17) is 4.74 Å². The fraction of sp³-hybridized carbons (Fsp3) is 0.300. The molecule has 0 saturated heterocycles. The van der Waals surface area contributed by atoms with Gasteiger partial charge in [0, 0.05) is 50.7 Å². The number of hydrogen-bond donors (Lipinski definition) is 2. The number of ether oxygens (including phenoxy) is 1. The molecule has 0 unspecified atom stereocenters. The number of aliphatic imine (C=N–C) groups is 1. The zero-order chi connectivity index (χ0) is 18.2. The maximum Gasteiger partial charge on any atom is 0.213 e. The number of aromatic nitrogens is 2. The molecule has 6 heteroatoms. The van der Waals surface area contributed by atoms with Crippen molar-refractivity contribution in [3.63, 3.8) is 0 Å². The summed E-state index contributed by atoms with van der Waals surface area (Å²) in [7, 11) is 3.40. The Morgan fingerprint density at radius 2 is 2.08 bits per heavy atom. The number of nitrogens with one attached hydrogen (secondary N) is 2. The van der Waals surface area contributed by atoms with Gasteiger partial charge in [0.1, 0.15) is 0 Å². The summed E-state index contributed by atoms with van der Waals surface area (Å²) in [5.74, 6) is 1.41. The van der Waals surface area contributed by atoms with Gasteiger partial charge < -0.3 is 19.9 Å². The normalized spacial score (nSPS) is 11.5. The third-order valence-electron chi connectivity index (χ3n) is 4.24. The standard InChI is InChI=1S/C20H25N5O/c1-21-20(24-15-16-8-11-22-19(14-16)26-2)23-10-5-12-25-13-9-17-6-3-4-7-18(17)25/h3-4,6-9,11,13-14H,5,10,12,15H2,1-2H3,(H2,21,23,24). The molecule has 2 aromatic heterocycles. The third-order valence-corrected chi connectivity index (χ3v) is 4.24. The highest BCUT2D eigenvalue weighted by molar-refractivity contribution is 5.80. The molecule has 0 spiro atoms. The number of benzene rings is 1. The number of guanidine groups is 1. The molecule has 6 nitrogen and oxygen atoms in total. The second kappa shape index (κ2) is 8.89. The average molecular weight is 351 g/mol. The Balaban J connectivity index is 1.44. The highest BCUT2D eigenvalue weighted by Crippen LogP contribution is 2.15. The molecule has 0 saturated carbocycles. The Morgan fingerprint density at radius 1 is 1.19 bits per heavy atom. The van der Waals surface area contributed by atoms with Crippen LogP contribution in [0.1, 0.15) is 12.0 Å². The Hall–Kier alpha value is -3.02. The number of nitrogens with zero attached hydrogens (tertiary/aromatic N) is 3. The molecule has 2 N–H and O–H groups in total. The third kappa shape index (κ3) is 4.53. The number of rotatable bonds is 7. The van der Waals surface area contributed by atoms with Gasteiger partial charge in [0.05, 0.1) is 7.11 Å². The van der Waals surface area contributed by atoms with E-state index in [9.17, 15) is 0 Å². The van der Waals surface area contributed by atoms with E-state index in [0.29, 0.717) is 12.4 Å². The lowest BCUT2D eigenvalue weighted by molar-refractivity contribution is 0.397. The van der Waals surface area contributed by atoms with E-state index in [-0.39, 0.29) is 0 Å². The van der Waals surface area contributed by atoms with Gasteiger partial charge in [0.25, 0.3) is 0 Å². The highest BCUT2D eigenvalue weighted by atomic mass is 16.5. The summed E-state index contributed by atoms with van der Waals surface area (Å²) in [6.45, 7) is 2.49. The molecule has 0 radical (unpaired) electrons. The predicted molar refractivity (Wildman–Crippen MR) is 106 cm³/mol. The van der Waals surface area contributed by atoms with Crippen LogP contribution in [0.4, 0.5) is 0 Å². The monoisotopic (exact) mass is 351 g/mol. The van der Waals surface area contributed by atoms with Crippen molar-refractivity contribution in [2.45, 2.75) is 19.5 Å². The van der Waals surface area contributed by atoms with Crippen LogP contribution < -0.4 is 15.4 Å². The number of fused-ring (bicyclic) bond motifs is 1. The molecule has 26 heavy (non-hydrogen) atoms. The number of methoxy groups -OCH3 is 1. The average Bonchev–Trinajstić information content (AvgIpc) is 3.11. The minimum Gasteiger partial charge on any atom is -0.481 e. The number of hydrogen-bond acceptors (Lipinski definition) is 3. The van der Waals surface area contributed by atoms with Crippen molar-refractivity contribution in [2.24, 2.45) is 4.99 Å². The maximum absolute atomic E-state index is 5.15. The Bertz CT molecular complexity index is 871. The van der Waals surface area contributed by atoms with E-state index in [1.54, 1.807) is 20.4 Å². The molecular weight excluding hydrogens is 326 g/mol. The van der Waals surface area contributed by atoms with Crippen LogP contribution in [0, 0.1) is 0 Å². The lowest BCUT2D eigenvalue weighted by Gasteiger charge is -2.12. The topological polar surface area (TPSA) is 63.5 Å². The van der Waals surface area contributed by atoms with Crippen LogP contribution in [-0.4, -0.2) is 36.2 Å². The molecule has 0 amide bonds. The second-order valence-corrected chi connectivity index (χ2v) is 5.98. The van der Waals surface area contributed by atoms with Crippen molar-refractivity contribution in [2.75, 3.05) is 20.7 Å². The molecule has 0 aliphatic heterocycles. The number of para-hydroxylation sites is 1. The summed E-state index contributed by atoms with van der Waals surface area (Å²) in [6.07, 6.45) is 4.91. The Kier molecular flexibility index (Phi) is 6.09. The van der Waals surface area contributed by atoms with Crippen LogP contribution in [0.3, 0.4) is 0 Å². The van der Waals surface area contributed by atoms with E-state index in [1.807, 2.05) is 12.1 Å². The van der Waals surface area contributed by atoms with E-state index in [1.165, 1.54) is 10.9 Å². The fourth-order valence-electron chi connectivity index (χ4n) is 2.87. The molecule has 0 aliphatic carbocycles. The van der Waals surface area contributed by atoms with E-state index in [0.717, 1.165) is 31.0 Å². The zero-order valence-corrected chi connectivity index (χ0v) is 15.3. The summed E-state index contributed by atoms with van der Waals surface area (Å²) in [5.41, 5.74) is 2.38. The van der Waals surface area contributed by atoms with Gasteiger partial charge in [-0.15, -0.1) is 0 Å². The van der Waals surface area contributed by atoms with Crippen molar-refractivity contribution < 1.29 is 4.74 Å². The smallest absolute Gasteiger partial charge is 0.213 e.